The van der Waals surface area contributed by atoms with E-state index in [-0.39, 0.29) is 0 Å². The Morgan fingerprint density at radius 3 is 2.37 bits per heavy atom. The summed E-state index contributed by atoms with van der Waals surface area (Å²) in [7, 11) is 0. The number of hydrogen-bond acceptors (Lipinski definition) is 3. The third-order valence-electron chi connectivity index (χ3n) is 6.05. The number of aryl methyl sites for hydroxylation is 2. The van der Waals surface area contributed by atoms with Gasteiger partial charge in [-0.1, -0.05) is 75.7 Å². The van der Waals surface area contributed by atoms with Gasteiger partial charge in [-0.15, -0.1) is 11.3 Å². The first-order chi connectivity index (χ1) is 14.5. The summed E-state index contributed by atoms with van der Waals surface area (Å²) in [5, 5.41) is 2.19. The molecule has 0 fully saturated rings. The summed E-state index contributed by atoms with van der Waals surface area (Å²) in [5.41, 5.74) is 14.2. The molecule has 0 amide bonds. The minimum atomic E-state index is 0.912. The molecule has 0 radical (unpaired) electrons. The van der Waals surface area contributed by atoms with Crippen LogP contribution in [0.3, 0.4) is 0 Å². The SMILES string of the molecule is C=C(CCC)c1c(N)sc2c(CCCN(CC)CC)c(-c3ccc(C)cc3)ccc12. The Morgan fingerprint density at radius 2 is 1.73 bits per heavy atom. The largest absolute Gasteiger partial charge is 0.390 e. The zero-order chi connectivity index (χ0) is 21.7. The van der Waals surface area contributed by atoms with E-state index in [9.17, 15) is 0 Å². The van der Waals surface area contributed by atoms with Crippen LogP contribution in [0, 0.1) is 6.92 Å². The molecule has 2 N–H and O–H groups in total. The number of anilines is 1. The van der Waals surface area contributed by atoms with Gasteiger partial charge in [0.15, 0.2) is 0 Å². The molecule has 0 unspecified atom stereocenters. The maximum Gasteiger partial charge on any atom is 0.0945 e. The van der Waals surface area contributed by atoms with E-state index >= 15 is 0 Å². The van der Waals surface area contributed by atoms with Gasteiger partial charge < -0.3 is 10.6 Å². The minimum Gasteiger partial charge on any atom is -0.390 e. The van der Waals surface area contributed by atoms with Crippen LogP contribution in [-0.2, 0) is 6.42 Å². The van der Waals surface area contributed by atoms with Crippen LogP contribution in [-0.4, -0.2) is 24.5 Å². The second-order valence-electron chi connectivity index (χ2n) is 8.16. The summed E-state index contributed by atoms with van der Waals surface area (Å²) in [5.74, 6) is 0. The molecule has 1 aromatic heterocycles. The molecule has 3 aromatic rings. The van der Waals surface area contributed by atoms with Crippen LogP contribution in [0.25, 0.3) is 26.8 Å². The first-order valence-corrected chi connectivity index (χ1v) is 12.1. The first-order valence-electron chi connectivity index (χ1n) is 11.3. The van der Waals surface area contributed by atoms with Crippen LogP contribution < -0.4 is 5.73 Å². The summed E-state index contributed by atoms with van der Waals surface area (Å²) >= 11 is 1.75. The third kappa shape index (κ3) is 4.79. The van der Waals surface area contributed by atoms with E-state index in [1.54, 1.807) is 11.3 Å². The van der Waals surface area contributed by atoms with Gasteiger partial charge in [0.2, 0.25) is 0 Å². The quantitative estimate of drug-likeness (QED) is 0.367. The zero-order valence-corrected chi connectivity index (χ0v) is 19.9. The second-order valence-corrected chi connectivity index (χ2v) is 9.21. The predicted molar refractivity (Wildman–Crippen MR) is 136 cm³/mol. The summed E-state index contributed by atoms with van der Waals surface area (Å²) in [6.07, 6.45) is 4.31. The Hall–Kier alpha value is -2.10. The van der Waals surface area contributed by atoms with Crippen LogP contribution in [0.5, 0.6) is 0 Å². The monoisotopic (exact) mass is 420 g/mol. The molecule has 3 rings (SSSR count). The molecule has 0 atom stereocenters. The number of nitrogens with zero attached hydrogens (tertiary/aromatic N) is 1. The van der Waals surface area contributed by atoms with Gasteiger partial charge in [0.25, 0.3) is 0 Å². The molecule has 0 spiro atoms. The zero-order valence-electron chi connectivity index (χ0n) is 19.1. The number of nitrogens with two attached hydrogens (primary N) is 1. The molecule has 0 saturated carbocycles. The van der Waals surface area contributed by atoms with Gasteiger partial charge in [-0.25, -0.2) is 0 Å². The van der Waals surface area contributed by atoms with Crippen molar-refractivity contribution in [2.24, 2.45) is 0 Å². The summed E-state index contributed by atoms with van der Waals surface area (Å²) in [6.45, 7) is 16.5. The lowest BCUT2D eigenvalue weighted by Crippen LogP contribution is -2.24. The van der Waals surface area contributed by atoms with Gasteiger partial charge in [0.05, 0.1) is 5.00 Å². The van der Waals surface area contributed by atoms with E-state index in [4.69, 9.17) is 5.73 Å². The van der Waals surface area contributed by atoms with Gasteiger partial charge in [-0.3, -0.25) is 0 Å². The normalized spacial score (nSPS) is 11.5. The van der Waals surface area contributed by atoms with Crippen molar-refractivity contribution < 1.29 is 0 Å². The van der Waals surface area contributed by atoms with Crippen molar-refractivity contribution >= 4 is 32.0 Å². The van der Waals surface area contributed by atoms with E-state index in [0.29, 0.717) is 0 Å². The smallest absolute Gasteiger partial charge is 0.0945 e. The van der Waals surface area contributed by atoms with Crippen molar-refractivity contribution in [3.63, 3.8) is 0 Å². The summed E-state index contributed by atoms with van der Waals surface area (Å²) in [6, 6.07) is 13.5. The first kappa shape index (κ1) is 22.6. The van der Waals surface area contributed by atoms with E-state index in [1.165, 1.54) is 43.5 Å². The van der Waals surface area contributed by atoms with Crippen LogP contribution >= 0.6 is 11.3 Å². The highest BCUT2D eigenvalue weighted by Gasteiger charge is 2.18. The van der Waals surface area contributed by atoms with Gasteiger partial charge in [0, 0.05) is 15.6 Å². The van der Waals surface area contributed by atoms with Crippen molar-refractivity contribution in [2.45, 2.75) is 53.4 Å². The molecule has 1 heterocycles. The van der Waals surface area contributed by atoms with Crippen LogP contribution in [0.2, 0.25) is 0 Å². The Balaban J connectivity index is 2.08. The fourth-order valence-electron chi connectivity index (χ4n) is 4.30. The molecular formula is C27H36N2S. The minimum absolute atomic E-state index is 0.912. The molecule has 30 heavy (non-hydrogen) atoms. The number of allylic oxidation sites excluding steroid dienone is 1. The van der Waals surface area contributed by atoms with E-state index < -0.39 is 0 Å². The fourth-order valence-corrected chi connectivity index (χ4v) is 5.49. The lowest BCUT2D eigenvalue weighted by atomic mass is 9.92. The second kappa shape index (κ2) is 10.3. The maximum atomic E-state index is 6.53. The van der Waals surface area contributed by atoms with Crippen molar-refractivity contribution in [1.29, 1.82) is 0 Å². The Kier molecular flexibility index (Phi) is 7.74. The average molecular weight is 421 g/mol. The van der Waals surface area contributed by atoms with Gasteiger partial charge in [0.1, 0.15) is 0 Å². The Morgan fingerprint density at radius 1 is 1.03 bits per heavy atom. The lowest BCUT2D eigenvalue weighted by molar-refractivity contribution is 0.300. The van der Waals surface area contributed by atoms with E-state index in [0.717, 1.165) is 50.3 Å². The molecule has 160 valence electrons. The molecule has 0 bridgehead atoms. The van der Waals surface area contributed by atoms with Crippen molar-refractivity contribution in [3.8, 4) is 11.1 Å². The highest BCUT2D eigenvalue weighted by atomic mass is 32.1. The van der Waals surface area contributed by atoms with E-state index in [1.807, 2.05) is 0 Å². The molecule has 0 aliphatic heterocycles. The third-order valence-corrected chi connectivity index (χ3v) is 7.15. The maximum absolute atomic E-state index is 6.53. The van der Waals surface area contributed by atoms with Gasteiger partial charge in [-0.2, -0.15) is 0 Å². The molecule has 2 nitrogen and oxygen atoms in total. The molecule has 0 aliphatic rings. The van der Waals surface area contributed by atoms with E-state index in [2.05, 4.69) is 75.6 Å². The summed E-state index contributed by atoms with van der Waals surface area (Å²) in [4.78, 5) is 2.50. The number of thiophene rings is 1. The topological polar surface area (TPSA) is 29.3 Å². The van der Waals surface area contributed by atoms with Crippen LogP contribution in [0.4, 0.5) is 5.00 Å². The van der Waals surface area contributed by atoms with Gasteiger partial charge in [-0.05, 0) is 68.1 Å². The average Bonchev–Trinajstić information content (AvgIpc) is 3.08. The molecule has 0 aliphatic carbocycles. The van der Waals surface area contributed by atoms with Crippen molar-refractivity contribution in [2.75, 3.05) is 25.4 Å². The summed E-state index contributed by atoms with van der Waals surface area (Å²) < 4.78 is 1.34. The fraction of sp³-hybridized carbons (Fsp3) is 0.407. The number of hydrogen-bond donors (Lipinski definition) is 1. The van der Waals surface area contributed by atoms with Gasteiger partial charge >= 0.3 is 0 Å². The molecule has 3 heteroatoms. The number of benzene rings is 2. The van der Waals surface area contributed by atoms with Crippen molar-refractivity contribution in [1.82, 2.24) is 4.90 Å². The Bertz CT molecular complexity index is 994. The Labute approximate surface area is 186 Å². The molecule has 2 aromatic carbocycles. The highest BCUT2D eigenvalue weighted by Crippen LogP contribution is 2.43. The highest BCUT2D eigenvalue weighted by molar-refractivity contribution is 7.23. The number of fused-ring (bicyclic) bond motifs is 1. The molecule has 0 saturated heterocycles. The van der Waals surface area contributed by atoms with Crippen LogP contribution in [0.1, 0.15) is 56.7 Å². The predicted octanol–water partition coefficient (Wildman–Crippen LogP) is 7.55. The lowest BCUT2D eigenvalue weighted by Gasteiger charge is -2.19. The number of rotatable bonds is 10. The number of nitrogen functional groups attached to an aromatic ring is 1. The molecular weight excluding hydrogens is 384 g/mol. The van der Waals surface area contributed by atoms with Crippen molar-refractivity contribution in [3.05, 3.63) is 59.7 Å². The van der Waals surface area contributed by atoms with Crippen LogP contribution in [0.15, 0.2) is 43.0 Å². The standard InChI is InChI=1S/C27H36N2S/c1-6-10-20(5)25-24-17-16-22(21-14-12-19(4)13-15-21)23(26(24)30-27(25)28)11-9-18-29(7-2)8-3/h12-17H,5-11,18,28H2,1-4H3.